The number of carbonyl (C=O) groups is 1. The van der Waals surface area contributed by atoms with E-state index in [-0.39, 0.29) is 5.91 Å². The molecule has 138 valence electrons. The zero-order valence-electron chi connectivity index (χ0n) is 13.7. The predicted octanol–water partition coefficient (Wildman–Crippen LogP) is 2.32. The normalized spacial score (nSPS) is 21.6. The van der Waals surface area contributed by atoms with E-state index in [4.69, 9.17) is 11.6 Å². The Kier molecular flexibility index (Phi) is 5.27. The topological polar surface area (TPSA) is 44.4 Å². The number of halogens is 4. The molecule has 1 heterocycles. The summed E-state index contributed by atoms with van der Waals surface area (Å²) < 4.78 is 40.2. The highest BCUT2D eigenvalue weighted by atomic mass is 35.5. The first-order valence-corrected chi connectivity index (χ1v) is 8.76. The van der Waals surface area contributed by atoms with Gasteiger partial charge in [0.1, 0.15) is 6.04 Å². The number of amides is 1. The minimum absolute atomic E-state index is 0.322. The molecule has 1 aliphatic heterocycles. The van der Waals surface area contributed by atoms with E-state index in [0.717, 1.165) is 5.56 Å². The van der Waals surface area contributed by atoms with Crippen molar-refractivity contribution in [1.29, 1.82) is 0 Å². The Morgan fingerprint density at radius 3 is 2.36 bits per heavy atom. The molecule has 25 heavy (non-hydrogen) atoms. The fraction of sp³-hybridized carbons (Fsp3) is 0.588. The lowest BCUT2D eigenvalue weighted by atomic mass is 9.95. The van der Waals surface area contributed by atoms with Gasteiger partial charge in [-0.25, -0.2) is 0 Å². The maximum absolute atomic E-state index is 13.4. The van der Waals surface area contributed by atoms with Crippen LogP contribution >= 0.6 is 11.6 Å². The van der Waals surface area contributed by atoms with Gasteiger partial charge in [-0.1, -0.05) is 23.7 Å². The molecular weight excluding hydrogens is 355 g/mol. The second kappa shape index (κ2) is 7.13. The molecule has 0 bridgehead atoms. The smallest absolute Gasteiger partial charge is 0.353 e. The zero-order valence-corrected chi connectivity index (χ0v) is 14.5. The maximum Gasteiger partial charge on any atom is 0.405 e. The van der Waals surface area contributed by atoms with Crippen molar-refractivity contribution >= 4 is 17.5 Å². The van der Waals surface area contributed by atoms with Crippen LogP contribution in [0.15, 0.2) is 24.3 Å². The molecule has 0 radical (unpaired) electrons. The molecule has 1 saturated heterocycles. The molecular formula is C17H21ClF3N3O. The Hall–Kier alpha value is -1.31. The van der Waals surface area contributed by atoms with Crippen molar-refractivity contribution in [3.63, 3.8) is 0 Å². The number of rotatable bonds is 5. The van der Waals surface area contributed by atoms with E-state index in [9.17, 15) is 18.0 Å². The third-order valence-corrected chi connectivity index (χ3v) is 5.26. The molecule has 2 N–H and O–H groups in total. The van der Waals surface area contributed by atoms with Gasteiger partial charge in [-0.3, -0.25) is 9.69 Å². The van der Waals surface area contributed by atoms with Crippen molar-refractivity contribution in [3.8, 4) is 0 Å². The highest BCUT2D eigenvalue weighted by molar-refractivity contribution is 6.30. The van der Waals surface area contributed by atoms with Gasteiger partial charge in [-0.05, 0) is 30.5 Å². The average Bonchev–Trinajstić information content (AvgIpc) is 3.37. The molecule has 2 fully saturated rings. The molecule has 0 spiro atoms. The molecule has 1 aromatic carbocycles. The lowest BCUT2D eigenvalue weighted by Crippen LogP contribution is -2.58. The largest absolute Gasteiger partial charge is 0.405 e. The van der Waals surface area contributed by atoms with Crippen LogP contribution in [0.1, 0.15) is 18.4 Å². The van der Waals surface area contributed by atoms with E-state index in [0.29, 0.717) is 44.0 Å². The minimum atomic E-state index is -4.37. The number of hydrogen-bond acceptors (Lipinski definition) is 3. The van der Waals surface area contributed by atoms with Crippen LogP contribution in [0, 0.1) is 0 Å². The van der Waals surface area contributed by atoms with E-state index in [1.807, 2.05) is 0 Å². The first kappa shape index (κ1) is 18.5. The lowest BCUT2D eigenvalue weighted by Gasteiger charge is -2.36. The van der Waals surface area contributed by atoms with Crippen molar-refractivity contribution in [1.82, 2.24) is 15.5 Å². The third-order valence-electron chi connectivity index (χ3n) is 5.01. The Labute approximate surface area is 149 Å². The van der Waals surface area contributed by atoms with Crippen LogP contribution in [0.3, 0.4) is 0 Å². The average molecular weight is 376 g/mol. The molecule has 3 rings (SSSR count). The van der Waals surface area contributed by atoms with Crippen LogP contribution in [0.5, 0.6) is 0 Å². The highest BCUT2D eigenvalue weighted by Gasteiger charge is 2.52. The summed E-state index contributed by atoms with van der Waals surface area (Å²) in [5, 5.41) is 6.15. The second-order valence-electron chi connectivity index (χ2n) is 6.64. The molecule has 1 unspecified atom stereocenters. The number of carbonyl (C=O) groups excluding carboxylic acids is 1. The number of nitrogens with zero attached hydrogens (tertiary/aromatic N) is 1. The summed E-state index contributed by atoms with van der Waals surface area (Å²) in [7, 11) is 0. The van der Waals surface area contributed by atoms with Gasteiger partial charge in [0.25, 0.3) is 0 Å². The second-order valence-corrected chi connectivity index (χ2v) is 7.08. The molecule has 0 aromatic heterocycles. The van der Waals surface area contributed by atoms with Gasteiger partial charge in [0.15, 0.2) is 0 Å². The summed E-state index contributed by atoms with van der Waals surface area (Å²) in [4.78, 5) is 14.0. The van der Waals surface area contributed by atoms with Crippen LogP contribution in [0.25, 0.3) is 0 Å². The van der Waals surface area contributed by atoms with Crippen LogP contribution < -0.4 is 10.6 Å². The quantitative estimate of drug-likeness (QED) is 0.830. The van der Waals surface area contributed by atoms with Gasteiger partial charge < -0.3 is 10.6 Å². The molecule has 1 amide bonds. The first-order valence-electron chi connectivity index (χ1n) is 8.39. The number of nitrogens with one attached hydrogen (secondary N) is 2. The summed E-state index contributed by atoms with van der Waals surface area (Å²) in [6, 6.07) is 5.28. The first-order chi connectivity index (χ1) is 11.8. The fourth-order valence-electron chi connectivity index (χ4n) is 3.34. The standard InChI is InChI=1S/C17H21ClF3N3O/c18-13-3-1-12(2-4-13)16(5-6-16)15(25)23-11-14(17(19,20)21)24-9-7-22-8-10-24/h1-4,14,22H,5-11H2,(H,23,25). The van der Waals surface area contributed by atoms with E-state index < -0.39 is 24.2 Å². The van der Waals surface area contributed by atoms with Gasteiger partial charge in [-0.15, -0.1) is 0 Å². The highest BCUT2D eigenvalue weighted by Crippen LogP contribution is 2.48. The summed E-state index contributed by atoms with van der Waals surface area (Å²) in [6.07, 6.45) is -3.09. The molecule has 2 aliphatic rings. The van der Waals surface area contributed by atoms with Gasteiger partial charge in [0.05, 0.1) is 5.41 Å². The Balaban J connectivity index is 1.66. The number of alkyl halides is 3. The summed E-state index contributed by atoms with van der Waals surface area (Å²) in [6.45, 7) is 1.27. The van der Waals surface area contributed by atoms with Crippen LogP contribution in [-0.4, -0.2) is 55.7 Å². The van der Waals surface area contributed by atoms with E-state index in [1.165, 1.54) is 4.90 Å². The Morgan fingerprint density at radius 1 is 1.24 bits per heavy atom. The van der Waals surface area contributed by atoms with Gasteiger partial charge in [0.2, 0.25) is 5.91 Å². The molecule has 1 aliphatic carbocycles. The number of piperazine rings is 1. The molecule has 4 nitrogen and oxygen atoms in total. The minimum Gasteiger partial charge on any atom is -0.353 e. The Morgan fingerprint density at radius 2 is 1.84 bits per heavy atom. The maximum atomic E-state index is 13.4. The fourth-order valence-corrected chi connectivity index (χ4v) is 3.47. The summed E-state index contributed by atoms with van der Waals surface area (Å²) in [5.41, 5.74) is 0.102. The SMILES string of the molecule is O=C(NCC(N1CCNCC1)C(F)(F)F)C1(c2ccc(Cl)cc2)CC1. The Bertz CT molecular complexity index is 611. The molecule has 1 saturated carbocycles. The molecule has 1 aromatic rings. The molecule has 1 atom stereocenters. The van der Waals surface area contributed by atoms with Crippen molar-refractivity contribution in [2.45, 2.75) is 30.5 Å². The van der Waals surface area contributed by atoms with Gasteiger partial charge in [-0.2, -0.15) is 13.2 Å². The van der Waals surface area contributed by atoms with Crippen LogP contribution in [0.4, 0.5) is 13.2 Å². The van der Waals surface area contributed by atoms with E-state index in [2.05, 4.69) is 10.6 Å². The van der Waals surface area contributed by atoms with Crippen LogP contribution in [0.2, 0.25) is 5.02 Å². The van der Waals surface area contributed by atoms with Crippen molar-refractivity contribution in [2.75, 3.05) is 32.7 Å². The molecule has 8 heteroatoms. The lowest BCUT2D eigenvalue weighted by molar-refractivity contribution is -0.184. The zero-order chi connectivity index (χ0) is 18.1. The number of hydrogen-bond donors (Lipinski definition) is 2. The van der Waals surface area contributed by atoms with Crippen LogP contribution in [-0.2, 0) is 10.2 Å². The monoisotopic (exact) mass is 375 g/mol. The van der Waals surface area contributed by atoms with Crippen molar-refractivity contribution in [3.05, 3.63) is 34.9 Å². The third kappa shape index (κ3) is 4.10. The predicted molar refractivity (Wildman–Crippen MR) is 89.7 cm³/mol. The summed E-state index contributed by atoms with van der Waals surface area (Å²) in [5.74, 6) is -0.334. The van der Waals surface area contributed by atoms with Gasteiger partial charge >= 0.3 is 6.18 Å². The van der Waals surface area contributed by atoms with Gasteiger partial charge in [0, 0.05) is 37.7 Å². The summed E-state index contributed by atoms with van der Waals surface area (Å²) >= 11 is 5.86. The van der Waals surface area contributed by atoms with Crippen molar-refractivity contribution < 1.29 is 18.0 Å². The van der Waals surface area contributed by atoms with Crippen molar-refractivity contribution in [2.24, 2.45) is 0 Å². The number of benzene rings is 1. The van der Waals surface area contributed by atoms with E-state index >= 15 is 0 Å². The van der Waals surface area contributed by atoms with E-state index in [1.54, 1.807) is 24.3 Å².